The minimum Gasteiger partial charge on any atom is -0.493 e. The van der Waals surface area contributed by atoms with Crippen LogP contribution < -0.4 is 14.8 Å². The van der Waals surface area contributed by atoms with E-state index in [2.05, 4.69) is 11.4 Å². The van der Waals surface area contributed by atoms with Crippen LogP contribution in [0.2, 0.25) is 5.02 Å². The van der Waals surface area contributed by atoms with Gasteiger partial charge in [0.1, 0.15) is 18.1 Å². The summed E-state index contributed by atoms with van der Waals surface area (Å²) in [5, 5.41) is 3.28. The first-order valence-corrected chi connectivity index (χ1v) is 12.4. The van der Waals surface area contributed by atoms with Gasteiger partial charge in [-0.25, -0.2) is 0 Å². The standard InChI is InChI=1S/C31H28ClNO4/c1-4-36-29-13-10-23(17-24(29)19-37-26-15-20(2)14-21(3)16-26)31(35)33-28-12-11-25(32)18-27(28)30(34)22-8-6-5-7-9-22/h5-18H,4,19H2,1-3H3,(H,33,35). The van der Waals surface area contributed by atoms with Crippen molar-refractivity contribution in [1.82, 2.24) is 0 Å². The zero-order valence-electron chi connectivity index (χ0n) is 21.0. The van der Waals surface area contributed by atoms with Crippen molar-refractivity contribution in [2.24, 2.45) is 0 Å². The SMILES string of the molecule is CCOc1ccc(C(=O)Nc2ccc(Cl)cc2C(=O)c2ccccc2)cc1COc1cc(C)cc(C)c1. The first-order chi connectivity index (χ1) is 17.8. The van der Waals surface area contributed by atoms with Crippen LogP contribution in [0.5, 0.6) is 11.5 Å². The van der Waals surface area contributed by atoms with E-state index in [0.29, 0.717) is 39.8 Å². The van der Waals surface area contributed by atoms with Crippen LogP contribution in [-0.2, 0) is 6.61 Å². The summed E-state index contributed by atoms with van der Waals surface area (Å²) in [4.78, 5) is 26.4. The number of aryl methyl sites for hydroxylation is 2. The van der Waals surface area contributed by atoms with Crippen LogP contribution in [-0.4, -0.2) is 18.3 Å². The number of rotatable bonds is 9. The van der Waals surface area contributed by atoms with Gasteiger partial charge < -0.3 is 14.8 Å². The highest BCUT2D eigenvalue weighted by molar-refractivity contribution is 6.31. The summed E-state index contributed by atoms with van der Waals surface area (Å²) in [6, 6.07) is 24.9. The number of hydrogen-bond donors (Lipinski definition) is 1. The molecule has 0 unspecified atom stereocenters. The molecule has 37 heavy (non-hydrogen) atoms. The van der Waals surface area contributed by atoms with Gasteiger partial charge in [-0.1, -0.05) is 48.0 Å². The highest BCUT2D eigenvalue weighted by Gasteiger charge is 2.18. The van der Waals surface area contributed by atoms with E-state index in [-0.39, 0.29) is 18.3 Å². The molecule has 4 aromatic carbocycles. The van der Waals surface area contributed by atoms with E-state index in [0.717, 1.165) is 22.4 Å². The molecule has 0 radical (unpaired) electrons. The molecule has 1 N–H and O–H groups in total. The van der Waals surface area contributed by atoms with Crippen molar-refractivity contribution in [3.05, 3.63) is 123 Å². The molecule has 4 rings (SSSR count). The smallest absolute Gasteiger partial charge is 0.255 e. The van der Waals surface area contributed by atoms with Gasteiger partial charge in [0.15, 0.2) is 5.78 Å². The lowest BCUT2D eigenvalue weighted by Gasteiger charge is -2.15. The number of carbonyl (C=O) groups is 2. The fourth-order valence-electron chi connectivity index (χ4n) is 4.06. The fourth-order valence-corrected chi connectivity index (χ4v) is 4.23. The van der Waals surface area contributed by atoms with Gasteiger partial charge in [0, 0.05) is 27.3 Å². The molecule has 0 heterocycles. The molecule has 6 heteroatoms. The number of benzene rings is 4. The third kappa shape index (κ3) is 6.57. The number of nitrogens with one attached hydrogen (secondary N) is 1. The van der Waals surface area contributed by atoms with Gasteiger partial charge in [0.25, 0.3) is 5.91 Å². The van der Waals surface area contributed by atoms with Gasteiger partial charge >= 0.3 is 0 Å². The van der Waals surface area contributed by atoms with Gasteiger partial charge in [-0.2, -0.15) is 0 Å². The lowest BCUT2D eigenvalue weighted by atomic mass is 10.0. The van der Waals surface area contributed by atoms with Crippen molar-refractivity contribution in [2.75, 3.05) is 11.9 Å². The first-order valence-electron chi connectivity index (χ1n) is 12.0. The van der Waals surface area contributed by atoms with Gasteiger partial charge in [0.05, 0.1) is 12.3 Å². The number of ketones is 1. The van der Waals surface area contributed by atoms with Gasteiger partial charge in [-0.15, -0.1) is 0 Å². The maximum atomic E-state index is 13.3. The average Bonchev–Trinajstić information content (AvgIpc) is 2.88. The van der Waals surface area contributed by atoms with Crippen molar-refractivity contribution < 1.29 is 19.1 Å². The Labute approximate surface area is 222 Å². The molecule has 0 fully saturated rings. The van der Waals surface area contributed by atoms with Crippen molar-refractivity contribution in [2.45, 2.75) is 27.4 Å². The molecule has 0 aliphatic heterocycles. The Bertz CT molecular complexity index is 1410. The highest BCUT2D eigenvalue weighted by atomic mass is 35.5. The lowest BCUT2D eigenvalue weighted by Crippen LogP contribution is -2.16. The quantitative estimate of drug-likeness (QED) is 0.236. The number of halogens is 1. The van der Waals surface area contributed by atoms with Crippen molar-refractivity contribution in [1.29, 1.82) is 0 Å². The van der Waals surface area contributed by atoms with Gasteiger partial charge in [-0.05, 0) is 80.4 Å². The molecule has 0 saturated heterocycles. The maximum Gasteiger partial charge on any atom is 0.255 e. The normalized spacial score (nSPS) is 10.6. The minimum absolute atomic E-state index is 0.229. The zero-order chi connectivity index (χ0) is 26.4. The van der Waals surface area contributed by atoms with E-state index < -0.39 is 0 Å². The van der Waals surface area contributed by atoms with Gasteiger partial charge in [0.2, 0.25) is 0 Å². The topological polar surface area (TPSA) is 64.6 Å². The summed E-state index contributed by atoms with van der Waals surface area (Å²) < 4.78 is 11.8. The molecular weight excluding hydrogens is 486 g/mol. The monoisotopic (exact) mass is 513 g/mol. The summed E-state index contributed by atoms with van der Waals surface area (Å²) in [5.74, 6) is 0.808. The molecular formula is C31H28ClNO4. The number of amides is 1. The second-order valence-corrected chi connectivity index (χ2v) is 9.14. The van der Waals surface area contributed by atoms with Crippen molar-refractivity contribution in [3.63, 3.8) is 0 Å². The molecule has 0 aromatic heterocycles. The Hall–Kier alpha value is -4.09. The Kier molecular flexibility index (Phi) is 8.26. The molecule has 0 saturated carbocycles. The van der Waals surface area contributed by atoms with Gasteiger partial charge in [-0.3, -0.25) is 9.59 Å². The predicted octanol–water partition coefficient (Wildman–Crippen LogP) is 7.42. The second kappa shape index (κ2) is 11.8. The first kappa shape index (κ1) is 26.0. The van der Waals surface area contributed by atoms with Crippen LogP contribution in [0, 0.1) is 13.8 Å². The number of carbonyl (C=O) groups excluding carboxylic acids is 2. The molecule has 0 aliphatic rings. The van der Waals surface area contributed by atoms with Crippen LogP contribution >= 0.6 is 11.6 Å². The molecule has 0 spiro atoms. The number of anilines is 1. The second-order valence-electron chi connectivity index (χ2n) is 8.71. The molecule has 1 amide bonds. The minimum atomic E-state index is -0.361. The number of ether oxygens (including phenoxy) is 2. The van der Waals surface area contributed by atoms with E-state index >= 15 is 0 Å². The molecule has 5 nitrogen and oxygen atoms in total. The number of hydrogen-bond acceptors (Lipinski definition) is 4. The molecule has 0 atom stereocenters. The highest BCUT2D eigenvalue weighted by Crippen LogP contribution is 2.27. The Balaban J connectivity index is 1.59. The fraction of sp³-hybridized carbons (Fsp3) is 0.161. The van der Waals surface area contributed by atoms with E-state index in [1.807, 2.05) is 39.0 Å². The van der Waals surface area contributed by atoms with E-state index in [9.17, 15) is 9.59 Å². The van der Waals surface area contributed by atoms with Crippen LogP contribution in [0.15, 0.2) is 84.9 Å². The molecule has 0 bridgehead atoms. The van der Waals surface area contributed by atoms with E-state index in [1.165, 1.54) is 0 Å². The van der Waals surface area contributed by atoms with E-state index in [4.69, 9.17) is 21.1 Å². The molecule has 0 aliphatic carbocycles. The summed E-state index contributed by atoms with van der Waals surface area (Å²) in [6.45, 7) is 6.66. The van der Waals surface area contributed by atoms with Crippen molar-refractivity contribution in [3.8, 4) is 11.5 Å². The predicted molar refractivity (Wildman–Crippen MR) is 147 cm³/mol. The van der Waals surface area contributed by atoms with Crippen LogP contribution in [0.3, 0.4) is 0 Å². The largest absolute Gasteiger partial charge is 0.493 e. The summed E-state index contributed by atoms with van der Waals surface area (Å²) in [5.41, 5.74) is 4.57. The Morgan fingerprint density at radius 2 is 1.54 bits per heavy atom. The maximum absolute atomic E-state index is 13.3. The van der Waals surface area contributed by atoms with Crippen LogP contribution in [0.1, 0.15) is 49.9 Å². The average molecular weight is 514 g/mol. The zero-order valence-corrected chi connectivity index (χ0v) is 21.8. The molecule has 4 aromatic rings. The third-order valence-electron chi connectivity index (χ3n) is 5.72. The third-order valence-corrected chi connectivity index (χ3v) is 5.96. The van der Waals surface area contributed by atoms with Crippen molar-refractivity contribution >= 4 is 29.0 Å². The summed E-state index contributed by atoms with van der Waals surface area (Å²) in [7, 11) is 0. The Morgan fingerprint density at radius 3 is 2.24 bits per heavy atom. The molecule has 188 valence electrons. The van der Waals surface area contributed by atoms with E-state index in [1.54, 1.807) is 60.7 Å². The Morgan fingerprint density at radius 1 is 0.811 bits per heavy atom. The van der Waals surface area contributed by atoms with Crippen LogP contribution in [0.25, 0.3) is 0 Å². The lowest BCUT2D eigenvalue weighted by molar-refractivity contribution is 0.102. The summed E-state index contributed by atoms with van der Waals surface area (Å²) in [6.07, 6.45) is 0. The van der Waals surface area contributed by atoms with Crippen LogP contribution in [0.4, 0.5) is 5.69 Å². The summed E-state index contributed by atoms with van der Waals surface area (Å²) >= 11 is 6.18.